The Morgan fingerprint density at radius 3 is 2.00 bits per heavy atom. The topological polar surface area (TPSA) is 82.2 Å². The molecule has 2 aromatic carbocycles. The zero-order chi connectivity index (χ0) is 17.3. The summed E-state index contributed by atoms with van der Waals surface area (Å²) in [6.07, 6.45) is 1.61. The highest BCUT2D eigenvalue weighted by molar-refractivity contribution is 7.89. The quantitative estimate of drug-likeness (QED) is 0.791. The highest BCUT2D eigenvalue weighted by atomic mass is 32.2. The van der Waals surface area contributed by atoms with E-state index in [-0.39, 0.29) is 16.3 Å². The lowest BCUT2D eigenvalue weighted by Crippen LogP contribution is -2.16. The summed E-state index contributed by atoms with van der Waals surface area (Å²) >= 11 is 0. The zero-order valence-corrected chi connectivity index (χ0v) is 13.2. The number of pyridine rings is 1. The third-order valence-corrected chi connectivity index (χ3v) is 4.46. The third-order valence-electron chi connectivity index (χ3n) is 3.53. The average Bonchev–Trinajstić information content (AvgIpc) is 2.56. The van der Waals surface area contributed by atoms with Gasteiger partial charge in [-0.25, -0.2) is 17.9 Å². The first kappa shape index (κ1) is 16.1. The predicted molar refractivity (Wildman–Crippen MR) is 88.8 cm³/mol. The van der Waals surface area contributed by atoms with Crippen molar-refractivity contribution in [3.8, 4) is 16.8 Å². The molecule has 3 rings (SSSR count). The molecule has 0 amide bonds. The molecule has 0 saturated carbocycles. The molecule has 1 aromatic heterocycles. The number of aromatic nitrogens is 1. The Bertz CT molecular complexity index is 1040. The highest BCUT2D eigenvalue weighted by Crippen LogP contribution is 2.21. The largest absolute Gasteiger partial charge is 0.284 e. The monoisotopic (exact) mass is 344 g/mol. The van der Waals surface area contributed by atoms with Crippen molar-refractivity contribution in [1.82, 2.24) is 4.57 Å². The van der Waals surface area contributed by atoms with Crippen molar-refractivity contribution in [1.29, 1.82) is 0 Å². The fourth-order valence-corrected chi connectivity index (χ4v) is 2.81. The second-order valence-electron chi connectivity index (χ2n) is 5.17. The lowest BCUT2D eigenvalue weighted by molar-refractivity contribution is 0.598. The van der Waals surface area contributed by atoms with Crippen LogP contribution in [0.2, 0.25) is 0 Å². The SMILES string of the molecule is NS(=O)(=O)c1ccc(-c2ccc(=O)n(-c3ccc(F)cc3)c2)cc1. The second kappa shape index (κ2) is 6.03. The zero-order valence-electron chi connectivity index (χ0n) is 12.4. The molecule has 0 radical (unpaired) electrons. The number of nitrogens with two attached hydrogens (primary N) is 1. The molecule has 0 aliphatic carbocycles. The van der Waals surface area contributed by atoms with Crippen LogP contribution < -0.4 is 10.7 Å². The summed E-state index contributed by atoms with van der Waals surface area (Å²) in [7, 11) is -3.75. The molecule has 0 saturated heterocycles. The molecule has 0 bridgehead atoms. The van der Waals surface area contributed by atoms with Crippen molar-refractivity contribution < 1.29 is 12.8 Å². The van der Waals surface area contributed by atoms with Crippen LogP contribution in [0.4, 0.5) is 4.39 Å². The standard InChI is InChI=1S/C17H13FN2O3S/c18-14-4-6-15(7-5-14)20-11-13(3-10-17(20)21)12-1-8-16(9-2-12)24(19,22)23/h1-11H,(H2,19,22,23). The summed E-state index contributed by atoms with van der Waals surface area (Å²) in [6, 6.07) is 14.6. The highest BCUT2D eigenvalue weighted by Gasteiger charge is 2.08. The molecule has 0 fully saturated rings. The van der Waals surface area contributed by atoms with Crippen molar-refractivity contribution >= 4 is 10.0 Å². The van der Waals surface area contributed by atoms with E-state index in [0.29, 0.717) is 11.3 Å². The van der Waals surface area contributed by atoms with Gasteiger partial charge in [-0.15, -0.1) is 0 Å². The Balaban J connectivity index is 2.05. The fourth-order valence-electron chi connectivity index (χ4n) is 2.30. The van der Waals surface area contributed by atoms with Gasteiger partial charge in [0, 0.05) is 18.0 Å². The minimum atomic E-state index is -3.75. The number of nitrogens with zero attached hydrogens (tertiary/aromatic N) is 1. The molecule has 0 spiro atoms. The van der Waals surface area contributed by atoms with Gasteiger partial charge in [-0.3, -0.25) is 9.36 Å². The van der Waals surface area contributed by atoms with Gasteiger partial charge in [-0.1, -0.05) is 12.1 Å². The number of hydrogen-bond donors (Lipinski definition) is 1. The average molecular weight is 344 g/mol. The maximum absolute atomic E-state index is 13.0. The smallest absolute Gasteiger partial charge is 0.255 e. The summed E-state index contributed by atoms with van der Waals surface area (Å²) in [6.45, 7) is 0. The van der Waals surface area contributed by atoms with E-state index in [1.807, 2.05) is 0 Å². The van der Waals surface area contributed by atoms with Gasteiger partial charge >= 0.3 is 0 Å². The van der Waals surface area contributed by atoms with Crippen molar-refractivity contribution in [2.45, 2.75) is 4.90 Å². The summed E-state index contributed by atoms with van der Waals surface area (Å²) in [5.74, 6) is -0.387. The second-order valence-corrected chi connectivity index (χ2v) is 6.73. The Labute approximate surface area is 137 Å². The predicted octanol–water partition coefficient (Wildman–Crippen LogP) is 2.29. The minimum absolute atomic E-state index is 0.0121. The van der Waals surface area contributed by atoms with Crippen LogP contribution in [0.25, 0.3) is 16.8 Å². The number of sulfonamides is 1. The van der Waals surface area contributed by atoms with Gasteiger partial charge < -0.3 is 0 Å². The molecule has 122 valence electrons. The first-order valence-corrected chi connectivity index (χ1v) is 8.51. The van der Waals surface area contributed by atoms with Crippen molar-refractivity contribution in [3.63, 3.8) is 0 Å². The molecule has 0 atom stereocenters. The van der Waals surface area contributed by atoms with Gasteiger partial charge in [0.05, 0.1) is 4.90 Å². The number of hydrogen-bond acceptors (Lipinski definition) is 3. The first-order valence-electron chi connectivity index (χ1n) is 6.96. The molecular formula is C17H13FN2O3S. The molecule has 5 nitrogen and oxygen atoms in total. The number of primary sulfonamides is 1. The van der Waals surface area contributed by atoms with E-state index in [1.165, 1.54) is 47.0 Å². The fraction of sp³-hybridized carbons (Fsp3) is 0. The van der Waals surface area contributed by atoms with Crippen LogP contribution in [-0.4, -0.2) is 13.0 Å². The van der Waals surface area contributed by atoms with Gasteiger partial charge in [-0.05, 0) is 53.6 Å². The van der Waals surface area contributed by atoms with Gasteiger partial charge in [0.15, 0.2) is 0 Å². The molecule has 2 N–H and O–H groups in total. The molecule has 1 heterocycles. The summed E-state index contributed by atoms with van der Waals surface area (Å²) < 4.78 is 37.0. The third kappa shape index (κ3) is 3.27. The van der Waals surface area contributed by atoms with Crippen molar-refractivity contribution in [2.24, 2.45) is 5.14 Å². The van der Waals surface area contributed by atoms with Crippen LogP contribution in [0.1, 0.15) is 0 Å². The van der Waals surface area contributed by atoms with E-state index in [1.54, 1.807) is 24.4 Å². The summed E-state index contributed by atoms with van der Waals surface area (Å²) in [5.41, 5.74) is 1.70. The maximum Gasteiger partial charge on any atom is 0.255 e. The maximum atomic E-state index is 13.0. The van der Waals surface area contributed by atoms with E-state index in [2.05, 4.69) is 0 Å². The molecular weight excluding hydrogens is 331 g/mol. The Morgan fingerprint density at radius 1 is 0.833 bits per heavy atom. The Hall–Kier alpha value is -2.77. The van der Waals surface area contributed by atoms with Crippen molar-refractivity contribution in [2.75, 3.05) is 0 Å². The van der Waals surface area contributed by atoms with E-state index in [0.717, 1.165) is 5.56 Å². The van der Waals surface area contributed by atoms with Crippen LogP contribution in [0.3, 0.4) is 0 Å². The molecule has 3 aromatic rings. The van der Waals surface area contributed by atoms with Crippen LogP contribution in [0.5, 0.6) is 0 Å². The van der Waals surface area contributed by atoms with Crippen LogP contribution in [-0.2, 0) is 10.0 Å². The van der Waals surface area contributed by atoms with E-state index >= 15 is 0 Å². The van der Waals surface area contributed by atoms with Crippen LogP contribution in [0, 0.1) is 5.82 Å². The van der Waals surface area contributed by atoms with E-state index < -0.39 is 10.0 Å². The minimum Gasteiger partial charge on any atom is -0.284 e. The van der Waals surface area contributed by atoms with Gasteiger partial charge in [0.25, 0.3) is 5.56 Å². The first-order chi connectivity index (χ1) is 11.3. The molecule has 0 aliphatic heterocycles. The van der Waals surface area contributed by atoms with Gasteiger partial charge in [0.2, 0.25) is 10.0 Å². The number of rotatable bonds is 3. The van der Waals surface area contributed by atoms with Gasteiger partial charge in [-0.2, -0.15) is 0 Å². The molecule has 0 unspecified atom stereocenters. The molecule has 24 heavy (non-hydrogen) atoms. The summed E-state index contributed by atoms with van der Waals surface area (Å²) in [5, 5.41) is 5.07. The van der Waals surface area contributed by atoms with Crippen LogP contribution >= 0.6 is 0 Å². The molecule has 7 heteroatoms. The van der Waals surface area contributed by atoms with Crippen molar-refractivity contribution in [3.05, 3.63) is 83.0 Å². The van der Waals surface area contributed by atoms with E-state index in [4.69, 9.17) is 5.14 Å². The summed E-state index contributed by atoms with van der Waals surface area (Å²) in [4.78, 5) is 12.1. The normalized spacial score (nSPS) is 11.4. The Morgan fingerprint density at radius 2 is 1.42 bits per heavy atom. The number of halogens is 1. The molecule has 0 aliphatic rings. The van der Waals surface area contributed by atoms with E-state index in [9.17, 15) is 17.6 Å². The number of benzene rings is 2. The van der Waals surface area contributed by atoms with Gasteiger partial charge in [0.1, 0.15) is 5.82 Å². The lowest BCUT2D eigenvalue weighted by Gasteiger charge is -2.09. The van der Waals surface area contributed by atoms with Crippen LogP contribution in [0.15, 0.2) is 76.6 Å². The lowest BCUT2D eigenvalue weighted by atomic mass is 10.1. The Kier molecular flexibility index (Phi) is 4.04.